The van der Waals surface area contributed by atoms with Crippen LogP contribution in [0.3, 0.4) is 0 Å². The standard InChI is InChI=1S/C18H29N5O2/c1-3-6-19-18-20-9-14(10-21-18)11-22-12-15-4-5-16(13-22)23(17(15)24)7-8-25-2/h9-10,15-16H,3-8,11-13H2,1-2H3,(H,19,20,21)/t15-,16+/m1/s1. The summed E-state index contributed by atoms with van der Waals surface area (Å²) < 4.78 is 5.17. The minimum absolute atomic E-state index is 0.113. The predicted octanol–water partition coefficient (Wildman–Crippen LogP) is 1.37. The SMILES string of the molecule is CCCNc1ncc(CN2C[C@H]3CC[C@@H](C2)N(CCOC)C3=O)cn1. The van der Waals surface area contributed by atoms with E-state index < -0.39 is 0 Å². The summed E-state index contributed by atoms with van der Waals surface area (Å²) in [4.78, 5) is 25.9. The number of hydrogen-bond donors (Lipinski definition) is 1. The average molecular weight is 347 g/mol. The number of nitrogens with zero attached hydrogens (tertiary/aromatic N) is 4. The van der Waals surface area contributed by atoms with Crippen molar-refractivity contribution in [3.05, 3.63) is 18.0 Å². The minimum Gasteiger partial charge on any atom is -0.383 e. The first-order valence-electron chi connectivity index (χ1n) is 9.27. The number of hydrogen-bond acceptors (Lipinski definition) is 6. The second-order valence-electron chi connectivity index (χ2n) is 6.99. The second kappa shape index (κ2) is 8.58. The number of methoxy groups -OCH3 is 1. The highest BCUT2D eigenvalue weighted by Gasteiger charge is 2.40. The fourth-order valence-electron chi connectivity index (χ4n) is 3.77. The molecular formula is C18H29N5O2. The van der Waals surface area contributed by atoms with Crippen molar-refractivity contribution in [2.45, 2.75) is 38.8 Å². The van der Waals surface area contributed by atoms with Crippen LogP contribution in [0, 0.1) is 5.92 Å². The van der Waals surface area contributed by atoms with E-state index in [2.05, 4.69) is 27.1 Å². The fourth-order valence-corrected chi connectivity index (χ4v) is 3.77. The number of piperidine rings is 1. The van der Waals surface area contributed by atoms with Gasteiger partial charge in [-0.3, -0.25) is 9.69 Å². The zero-order chi connectivity index (χ0) is 17.6. The maximum absolute atomic E-state index is 12.7. The van der Waals surface area contributed by atoms with E-state index in [9.17, 15) is 4.79 Å². The normalized spacial score (nSPS) is 23.8. The van der Waals surface area contributed by atoms with Crippen LogP contribution in [-0.4, -0.2) is 71.6 Å². The van der Waals surface area contributed by atoms with E-state index in [1.165, 1.54) is 0 Å². The highest BCUT2D eigenvalue weighted by Crippen LogP contribution is 2.29. The van der Waals surface area contributed by atoms with Crippen LogP contribution in [0.1, 0.15) is 31.7 Å². The van der Waals surface area contributed by atoms with Crippen molar-refractivity contribution in [1.82, 2.24) is 19.8 Å². The average Bonchev–Trinajstić information content (AvgIpc) is 2.90. The topological polar surface area (TPSA) is 70.6 Å². The molecule has 0 aromatic carbocycles. The van der Waals surface area contributed by atoms with Gasteiger partial charge in [-0.05, 0) is 19.3 Å². The van der Waals surface area contributed by atoms with E-state index in [-0.39, 0.29) is 5.92 Å². The molecule has 0 radical (unpaired) electrons. The number of carbonyl (C=O) groups is 1. The number of nitrogens with one attached hydrogen (secondary N) is 1. The molecule has 3 fully saturated rings. The molecule has 1 aromatic heterocycles. The molecule has 2 bridgehead atoms. The summed E-state index contributed by atoms with van der Waals surface area (Å²) in [5, 5.41) is 3.19. The quantitative estimate of drug-likeness (QED) is 0.766. The van der Waals surface area contributed by atoms with Crippen LogP contribution in [0.15, 0.2) is 12.4 Å². The molecule has 1 N–H and O–H groups in total. The van der Waals surface area contributed by atoms with Gasteiger partial charge < -0.3 is 15.0 Å². The van der Waals surface area contributed by atoms with Crippen LogP contribution in [0.2, 0.25) is 0 Å². The van der Waals surface area contributed by atoms with E-state index in [0.717, 1.165) is 51.0 Å². The van der Waals surface area contributed by atoms with Crippen molar-refractivity contribution in [2.24, 2.45) is 5.92 Å². The first kappa shape index (κ1) is 18.1. The number of ether oxygens (including phenoxy) is 1. The lowest BCUT2D eigenvalue weighted by atomic mass is 9.94. The summed E-state index contributed by atoms with van der Waals surface area (Å²) in [6.07, 6.45) is 6.92. The molecule has 0 aliphatic carbocycles. The van der Waals surface area contributed by atoms with Crippen molar-refractivity contribution in [2.75, 3.05) is 45.2 Å². The van der Waals surface area contributed by atoms with Gasteiger partial charge in [-0.15, -0.1) is 0 Å². The van der Waals surface area contributed by atoms with Crippen molar-refractivity contribution >= 4 is 11.9 Å². The molecule has 3 aliphatic rings. The maximum Gasteiger partial charge on any atom is 0.227 e. The van der Waals surface area contributed by atoms with Crippen LogP contribution < -0.4 is 5.32 Å². The van der Waals surface area contributed by atoms with Crippen molar-refractivity contribution in [3.8, 4) is 0 Å². The third kappa shape index (κ3) is 4.46. The molecule has 3 saturated heterocycles. The molecule has 0 saturated carbocycles. The number of carbonyl (C=O) groups excluding carboxylic acids is 1. The molecule has 0 unspecified atom stereocenters. The van der Waals surface area contributed by atoms with Gasteiger partial charge in [-0.2, -0.15) is 0 Å². The Bertz CT molecular complexity index is 565. The number of rotatable bonds is 8. The molecule has 2 atom stereocenters. The third-order valence-electron chi connectivity index (χ3n) is 5.05. The molecule has 25 heavy (non-hydrogen) atoms. The lowest BCUT2D eigenvalue weighted by Gasteiger charge is -2.35. The van der Waals surface area contributed by atoms with Crippen molar-refractivity contribution < 1.29 is 9.53 Å². The van der Waals surface area contributed by atoms with Gasteiger partial charge in [0.1, 0.15) is 0 Å². The summed E-state index contributed by atoms with van der Waals surface area (Å²) in [6.45, 7) is 6.85. The molecule has 1 amide bonds. The van der Waals surface area contributed by atoms with Gasteiger partial charge in [0, 0.05) is 63.8 Å². The Kier molecular flexibility index (Phi) is 6.20. The Hall–Kier alpha value is -1.73. The minimum atomic E-state index is 0.113. The molecular weight excluding hydrogens is 318 g/mol. The summed E-state index contributed by atoms with van der Waals surface area (Å²) in [5.41, 5.74) is 1.10. The number of fused-ring (bicyclic) bond motifs is 4. The molecule has 7 nitrogen and oxygen atoms in total. The van der Waals surface area contributed by atoms with Gasteiger partial charge in [0.25, 0.3) is 0 Å². The molecule has 1 aromatic rings. The van der Waals surface area contributed by atoms with Crippen molar-refractivity contribution in [3.63, 3.8) is 0 Å². The van der Waals surface area contributed by atoms with Crippen molar-refractivity contribution in [1.29, 1.82) is 0 Å². The van der Waals surface area contributed by atoms with Gasteiger partial charge in [-0.25, -0.2) is 9.97 Å². The largest absolute Gasteiger partial charge is 0.383 e. The number of anilines is 1. The summed E-state index contributed by atoms with van der Waals surface area (Å²) in [5.74, 6) is 1.09. The highest BCUT2D eigenvalue weighted by atomic mass is 16.5. The first-order chi connectivity index (χ1) is 12.2. The third-order valence-corrected chi connectivity index (χ3v) is 5.05. The second-order valence-corrected chi connectivity index (χ2v) is 6.99. The summed E-state index contributed by atoms with van der Waals surface area (Å²) in [6, 6.07) is 0.299. The van der Waals surface area contributed by atoms with Gasteiger partial charge in [-0.1, -0.05) is 6.92 Å². The highest BCUT2D eigenvalue weighted by molar-refractivity contribution is 5.80. The monoisotopic (exact) mass is 347 g/mol. The van der Waals surface area contributed by atoms with Crippen LogP contribution in [0.4, 0.5) is 5.95 Å². The Morgan fingerprint density at radius 1 is 1.28 bits per heavy atom. The Balaban J connectivity index is 1.61. The summed E-state index contributed by atoms with van der Waals surface area (Å²) in [7, 11) is 1.69. The van der Waals surface area contributed by atoms with E-state index in [1.54, 1.807) is 7.11 Å². The van der Waals surface area contributed by atoms with Gasteiger partial charge in [0.15, 0.2) is 0 Å². The Labute approximate surface area is 149 Å². The number of amides is 1. The van der Waals surface area contributed by atoms with Gasteiger partial charge >= 0.3 is 0 Å². The predicted molar refractivity (Wildman–Crippen MR) is 96.2 cm³/mol. The van der Waals surface area contributed by atoms with E-state index in [1.807, 2.05) is 17.3 Å². The van der Waals surface area contributed by atoms with Crippen LogP contribution in [0.25, 0.3) is 0 Å². The molecule has 138 valence electrons. The smallest absolute Gasteiger partial charge is 0.227 e. The van der Waals surface area contributed by atoms with Crippen LogP contribution in [-0.2, 0) is 16.1 Å². The summed E-state index contributed by atoms with van der Waals surface area (Å²) >= 11 is 0. The molecule has 4 heterocycles. The zero-order valence-corrected chi connectivity index (χ0v) is 15.3. The maximum atomic E-state index is 12.7. The van der Waals surface area contributed by atoms with E-state index in [4.69, 9.17) is 4.74 Å². The molecule has 7 heteroatoms. The zero-order valence-electron chi connectivity index (χ0n) is 15.3. The molecule has 4 rings (SSSR count). The Morgan fingerprint density at radius 3 is 2.80 bits per heavy atom. The van der Waals surface area contributed by atoms with Crippen LogP contribution in [0.5, 0.6) is 0 Å². The lowest BCUT2D eigenvalue weighted by molar-refractivity contribution is -0.140. The molecule has 3 aliphatic heterocycles. The lowest BCUT2D eigenvalue weighted by Crippen LogP contribution is -2.49. The van der Waals surface area contributed by atoms with E-state index in [0.29, 0.717) is 31.0 Å². The van der Waals surface area contributed by atoms with E-state index >= 15 is 0 Å². The fraction of sp³-hybridized carbons (Fsp3) is 0.722. The van der Waals surface area contributed by atoms with Gasteiger partial charge in [0.2, 0.25) is 11.9 Å². The van der Waals surface area contributed by atoms with Gasteiger partial charge in [0.05, 0.1) is 12.5 Å². The first-order valence-corrected chi connectivity index (χ1v) is 9.27. The van der Waals surface area contributed by atoms with Crippen LogP contribution >= 0.6 is 0 Å². The number of aromatic nitrogens is 2. The Morgan fingerprint density at radius 2 is 2.08 bits per heavy atom. The molecule has 0 spiro atoms.